The highest BCUT2D eigenvalue weighted by Crippen LogP contribution is 2.15. The van der Waals surface area contributed by atoms with Crippen LogP contribution in [0.15, 0.2) is 24.3 Å². The van der Waals surface area contributed by atoms with E-state index >= 15 is 0 Å². The van der Waals surface area contributed by atoms with Crippen LogP contribution in [0.1, 0.15) is 17.0 Å². The van der Waals surface area contributed by atoms with Crippen LogP contribution >= 0.6 is 0 Å². The molecule has 4 nitrogen and oxygen atoms in total. The van der Waals surface area contributed by atoms with Gasteiger partial charge in [-0.2, -0.15) is 5.26 Å². The van der Waals surface area contributed by atoms with Crippen LogP contribution in [-0.4, -0.2) is 19.4 Å². The average molecular weight is 203 g/mol. The third kappa shape index (κ3) is 2.41. The van der Waals surface area contributed by atoms with Gasteiger partial charge in [-0.15, -0.1) is 0 Å². The molecule has 0 saturated carbocycles. The number of methoxy groups -OCH3 is 1. The van der Waals surface area contributed by atoms with E-state index in [1.165, 1.54) is 7.11 Å². The monoisotopic (exact) mass is 203 g/mol. The van der Waals surface area contributed by atoms with E-state index in [1.54, 1.807) is 24.3 Å². The Morgan fingerprint density at radius 1 is 1.47 bits per heavy atom. The Balaban J connectivity index is 2.99. The summed E-state index contributed by atoms with van der Waals surface area (Å²) in [5.74, 6) is -1.52. The van der Waals surface area contributed by atoms with Gasteiger partial charge in [-0.3, -0.25) is 4.79 Å². The molecule has 0 aliphatic heterocycles. The number of esters is 1. The van der Waals surface area contributed by atoms with Crippen molar-refractivity contribution >= 4 is 12.3 Å². The molecule has 1 atom stereocenters. The lowest BCUT2D eigenvalue weighted by Crippen LogP contribution is -2.15. The van der Waals surface area contributed by atoms with Gasteiger partial charge in [-0.25, -0.2) is 0 Å². The summed E-state index contributed by atoms with van der Waals surface area (Å²) in [7, 11) is 1.22. The molecule has 0 bridgehead atoms. The molecular formula is C11H9NO3. The molecule has 4 heteroatoms. The van der Waals surface area contributed by atoms with E-state index < -0.39 is 11.9 Å². The molecule has 1 rings (SSSR count). The molecular weight excluding hydrogens is 194 g/mol. The minimum absolute atomic E-state index is 0.480. The molecule has 15 heavy (non-hydrogen) atoms. The maximum absolute atomic E-state index is 11.2. The molecule has 76 valence electrons. The van der Waals surface area contributed by atoms with Gasteiger partial charge in [0, 0.05) is 0 Å². The van der Waals surface area contributed by atoms with Crippen molar-refractivity contribution < 1.29 is 14.3 Å². The second kappa shape index (κ2) is 4.91. The molecule has 1 aromatic rings. The van der Waals surface area contributed by atoms with E-state index in [4.69, 9.17) is 5.26 Å². The zero-order valence-corrected chi connectivity index (χ0v) is 8.14. The fourth-order valence-corrected chi connectivity index (χ4v) is 1.16. The first-order valence-corrected chi connectivity index (χ1v) is 4.26. The van der Waals surface area contributed by atoms with Gasteiger partial charge in [0.25, 0.3) is 0 Å². The van der Waals surface area contributed by atoms with E-state index in [0.29, 0.717) is 17.4 Å². The van der Waals surface area contributed by atoms with Crippen LogP contribution in [0, 0.1) is 11.3 Å². The van der Waals surface area contributed by atoms with Gasteiger partial charge in [-0.1, -0.05) is 12.1 Å². The molecule has 0 aromatic heterocycles. The maximum atomic E-state index is 11.2. The van der Waals surface area contributed by atoms with Crippen LogP contribution in [0.5, 0.6) is 0 Å². The van der Waals surface area contributed by atoms with Crippen molar-refractivity contribution in [3.05, 3.63) is 35.4 Å². The lowest BCUT2D eigenvalue weighted by atomic mass is 10.00. The van der Waals surface area contributed by atoms with Crippen molar-refractivity contribution in [1.82, 2.24) is 0 Å². The summed E-state index contributed by atoms with van der Waals surface area (Å²) >= 11 is 0. The molecule has 0 saturated heterocycles. The van der Waals surface area contributed by atoms with Crippen LogP contribution in [-0.2, 0) is 14.3 Å². The highest BCUT2D eigenvalue weighted by Gasteiger charge is 2.20. The van der Waals surface area contributed by atoms with Crippen LogP contribution in [0.25, 0.3) is 0 Å². The van der Waals surface area contributed by atoms with Crippen molar-refractivity contribution in [1.29, 1.82) is 5.26 Å². The average Bonchev–Trinajstić information content (AvgIpc) is 2.30. The van der Waals surface area contributed by atoms with Crippen LogP contribution in [0.2, 0.25) is 0 Å². The Morgan fingerprint density at radius 3 is 2.47 bits per heavy atom. The van der Waals surface area contributed by atoms with E-state index in [2.05, 4.69) is 4.74 Å². The summed E-state index contributed by atoms with van der Waals surface area (Å²) < 4.78 is 4.48. The van der Waals surface area contributed by atoms with Gasteiger partial charge in [0.05, 0.1) is 18.7 Å². The van der Waals surface area contributed by atoms with Gasteiger partial charge in [0.1, 0.15) is 12.2 Å². The fraction of sp³-hybridized carbons (Fsp3) is 0.182. The normalized spacial score (nSPS) is 11.2. The van der Waals surface area contributed by atoms with Gasteiger partial charge in [-0.05, 0) is 17.7 Å². The van der Waals surface area contributed by atoms with Crippen LogP contribution in [0.3, 0.4) is 0 Å². The lowest BCUT2D eigenvalue weighted by Gasteiger charge is -2.07. The lowest BCUT2D eigenvalue weighted by molar-refractivity contribution is -0.143. The smallest absolute Gasteiger partial charge is 0.320 e. The van der Waals surface area contributed by atoms with Gasteiger partial charge in [0.2, 0.25) is 0 Å². The van der Waals surface area contributed by atoms with Gasteiger partial charge < -0.3 is 9.53 Å². The zero-order chi connectivity index (χ0) is 11.3. The summed E-state index contributed by atoms with van der Waals surface area (Å²) in [6, 6.07) is 8.18. The van der Waals surface area contributed by atoms with E-state index in [1.807, 2.05) is 6.07 Å². The first kappa shape index (κ1) is 10.9. The number of ether oxygens (including phenoxy) is 1. The minimum Gasteiger partial charge on any atom is -0.468 e. The van der Waals surface area contributed by atoms with Crippen molar-refractivity contribution in [2.24, 2.45) is 0 Å². The molecule has 0 N–H and O–H groups in total. The molecule has 1 unspecified atom stereocenters. The molecule has 0 amide bonds. The minimum atomic E-state index is -0.914. The van der Waals surface area contributed by atoms with E-state index in [0.717, 1.165) is 0 Å². The second-order valence-electron chi connectivity index (χ2n) is 2.87. The maximum Gasteiger partial charge on any atom is 0.320 e. The predicted molar refractivity (Wildman–Crippen MR) is 52.0 cm³/mol. The number of carbonyl (C=O) groups excluding carboxylic acids is 2. The number of nitrogens with zero attached hydrogens (tertiary/aromatic N) is 1. The first-order chi connectivity index (χ1) is 7.22. The van der Waals surface area contributed by atoms with E-state index in [-0.39, 0.29) is 0 Å². The SMILES string of the molecule is COC(=O)C(C=O)c1ccc(C#N)cc1. The topological polar surface area (TPSA) is 67.2 Å². The summed E-state index contributed by atoms with van der Waals surface area (Å²) in [6.07, 6.45) is 0.521. The van der Waals surface area contributed by atoms with Crippen molar-refractivity contribution in [3.63, 3.8) is 0 Å². The largest absolute Gasteiger partial charge is 0.468 e. The standard InChI is InChI=1S/C11H9NO3/c1-15-11(14)10(7-13)9-4-2-8(6-12)3-5-9/h2-5,7,10H,1H3. The van der Waals surface area contributed by atoms with Crippen LogP contribution in [0.4, 0.5) is 0 Å². The highest BCUT2D eigenvalue weighted by molar-refractivity contribution is 5.94. The Hall–Kier alpha value is -2.15. The summed E-state index contributed by atoms with van der Waals surface area (Å²) in [4.78, 5) is 21.9. The third-order valence-corrected chi connectivity index (χ3v) is 1.99. The van der Waals surface area contributed by atoms with Crippen molar-refractivity contribution in [3.8, 4) is 6.07 Å². The Labute approximate surface area is 87.1 Å². The first-order valence-electron chi connectivity index (χ1n) is 4.26. The van der Waals surface area contributed by atoms with Crippen molar-refractivity contribution in [2.75, 3.05) is 7.11 Å². The number of nitriles is 1. The summed E-state index contributed by atoms with van der Waals surface area (Å²) in [5.41, 5.74) is 1.00. The zero-order valence-electron chi connectivity index (χ0n) is 8.14. The van der Waals surface area contributed by atoms with E-state index in [9.17, 15) is 9.59 Å². The Bertz CT molecular complexity index is 403. The molecule has 0 aliphatic rings. The number of carbonyl (C=O) groups is 2. The number of hydrogen-bond acceptors (Lipinski definition) is 4. The highest BCUT2D eigenvalue weighted by atomic mass is 16.5. The van der Waals surface area contributed by atoms with Crippen molar-refractivity contribution in [2.45, 2.75) is 5.92 Å². The molecule has 0 heterocycles. The number of aldehydes is 1. The molecule has 0 aliphatic carbocycles. The molecule has 0 spiro atoms. The quantitative estimate of drug-likeness (QED) is 0.417. The second-order valence-corrected chi connectivity index (χ2v) is 2.87. The number of rotatable bonds is 3. The summed E-state index contributed by atoms with van der Waals surface area (Å²) in [5, 5.41) is 8.57. The molecule has 0 fully saturated rings. The number of benzene rings is 1. The third-order valence-electron chi connectivity index (χ3n) is 1.99. The van der Waals surface area contributed by atoms with Gasteiger partial charge >= 0.3 is 5.97 Å². The Morgan fingerprint density at radius 2 is 2.07 bits per heavy atom. The Kier molecular flexibility index (Phi) is 3.58. The fourth-order valence-electron chi connectivity index (χ4n) is 1.16. The summed E-state index contributed by atoms with van der Waals surface area (Å²) in [6.45, 7) is 0. The number of hydrogen-bond donors (Lipinski definition) is 0. The molecule has 1 aromatic carbocycles. The van der Waals surface area contributed by atoms with Crippen LogP contribution < -0.4 is 0 Å². The van der Waals surface area contributed by atoms with Gasteiger partial charge in [0.15, 0.2) is 0 Å². The predicted octanol–water partition coefficient (Wildman–Crippen LogP) is 1.01. The molecule has 0 radical (unpaired) electrons.